The highest BCUT2D eigenvalue weighted by Crippen LogP contribution is 2.37. The van der Waals surface area contributed by atoms with Gasteiger partial charge >= 0.3 is 24.1 Å². The molecule has 0 heterocycles. The van der Waals surface area contributed by atoms with Crippen LogP contribution in [0.2, 0.25) is 0 Å². The number of rotatable bonds is 17. The quantitative estimate of drug-likeness (QED) is 0.0556. The van der Waals surface area contributed by atoms with E-state index in [1.54, 1.807) is 36.4 Å². The third-order valence-electron chi connectivity index (χ3n) is 7.90. The fourth-order valence-electron chi connectivity index (χ4n) is 5.15. The summed E-state index contributed by atoms with van der Waals surface area (Å²) >= 11 is 0. The Hall–Kier alpha value is -6.05. The van der Waals surface area contributed by atoms with Crippen molar-refractivity contribution < 1.29 is 51.7 Å². The van der Waals surface area contributed by atoms with Gasteiger partial charge in [0.1, 0.15) is 23.8 Å². The van der Waals surface area contributed by atoms with Crippen LogP contribution in [0.3, 0.4) is 0 Å². The summed E-state index contributed by atoms with van der Waals surface area (Å²) in [6.45, 7) is 2.05. The number of anilines is 2. The number of unbranched alkanes of at least 4 members (excludes halogenated alkanes) is 4. The number of hydrogen-bond acceptors (Lipinski definition) is 7. The number of nitrogens with one attached hydrogen (secondary N) is 2. The number of esters is 1. The van der Waals surface area contributed by atoms with Crippen LogP contribution in [0.15, 0.2) is 91.0 Å². The van der Waals surface area contributed by atoms with Gasteiger partial charge in [-0.1, -0.05) is 44.7 Å². The molecule has 11 nitrogen and oxygen atoms in total. The predicted octanol–water partition coefficient (Wildman–Crippen LogP) is 8.65. The van der Waals surface area contributed by atoms with Crippen molar-refractivity contribution in [3.8, 4) is 17.2 Å². The van der Waals surface area contributed by atoms with Crippen molar-refractivity contribution in [1.29, 1.82) is 0 Å². The summed E-state index contributed by atoms with van der Waals surface area (Å²) in [6.07, 6.45) is 0.878. The second-order valence-corrected chi connectivity index (χ2v) is 11.9. The zero-order valence-electron chi connectivity index (χ0n) is 29.2. The molecule has 0 aromatic heterocycles. The lowest BCUT2D eigenvalue weighted by Crippen LogP contribution is -2.35. The molecular weight excluding hydrogens is 695 g/mol. The van der Waals surface area contributed by atoms with Gasteiger partial charge in [-0.15, -0.1) is 0 Å². The van der Waals surface area contributed by atoms with Crippen LogP contribution in [0, 0.1) is 0 Å². The Labute approximate surface area is 304 Å². The van der Waals surface area contributed by atoms with E-state index in [1.807, 2.05) is 0 Å². The molecular formula is C39H40F3N3O8. The van der Waals surface area contributed by atoms with Crippen molar-refractivity contribution in [2.45, 2.75) is 51.7 Å². The predicted molar refractivity (Wildman–Crippen MR) is 192 cm³/mol. The maximum absolute atomic E-state index is 13.5. The fraction of sp³-hybridized carbons (Fsp3) is 0.282. The average molecular weight is 736 g/mol. The van der Waals surface area contributed by atoms with Crippen LogP contribution in [-0.2, 0) is 17.5 Å². The highest BCUT2D eigenvalue weighted by molar-refractivity contribution is 6.01. The fourth-order valence-corrected chi connectivity index (χ4v) is 5.15. The van der Waals surface area contributed by atoms with E-state index in [0.717, 1.165) is 29.9 Å². The Balaban J connectivity index is 1.32. The number of carboxylic acid groups (broad SMARTS) is 1. The molecule has 280 valence electrons. The molecule has 4 aromatic carbocycles. The first kappa shape index (κ1) is 39.7. The molecule has 3 amide bonds. The number of carbonyl (C=O) groups excluding carboxylic acids is 3. The van der Waals surface area contributed by atoms with E-state index in [9.17, 15) is 37.5 Å². The normalized spacial score (nSPS) is 11.0. The van der Waals surface area contributed by atoms with Gasteiger partial charge in [-0.2, -0.15) is 13.2 Å². The largest absolute Gasteiger partial charge is 0.497 e. The van der Waals surface area contributed by atoms with Gasteiger partial charge in [-0.3, -0.25) is 9.59 Å². The number of carbonyl (C=O) groups is 4. The van der Waals surface area contributed by atoms with Gasteiger partial charge in [-0.05, 0) is 90.8 Å². The van der Waals surface area contributed by atoms with E-state index in [4.69, 9.17) is 14.2 Å². The van der Waals surface area contributed by atoms with Crippen LogP contribution in [0.5, 0.6) is 17.2 Å². The van der Waals surface area contributed by atoms with Crippen molar-refractivity contribution >= 4 is 35.3 Å². The number of halogens is 3. The first-order valence-electron chi connectivity index (χ1n) is 16.8. The molecule has 53 heavy (non-hydrogen) atoms. The number of hydrogen-bond donors (Lipinski definition) is 3. The molecule has 0 saturated carbocycles. The first-order chi connectivity index (χ1) is 25.4. The Morgan fingerprint density at radius 3 is 2.00 bits per heavy atom. The lowest BCUT2D eigenvalue weighted by Gasteiger charge is -2.21. The summed E-state index contributed by atoms with van der Waals surface area (Å²) in [5.41, 5.74) is -0.441. The monoisotopic (exact) mass is 735 g/mol. The van der Waals surface area contributed by atoms with Crippen molar-refractivity contribution in [3.63, 3.8) is 0 Å². The van der Waals surface area contributed by atoms with Crippen LogP contribution >= 0.6 is 0 Å². The Kier molecular flexibility index (Phi) is 14.2. The van der Waals surface area contributed by atoms with E-state index < -0.39 is 47.8 Å². The van der Waals surface area contributed by atoms with Crippen molar-refractivity contribution in [2.24, 2.45) is 0 Å². The summed E-state index contributed by atoms with van der Waals surface area (Å²) in [4.78, 5) is 51.2. The summed E-state index contributed by atoms with van der Waals surface area (Å²) in [5, 5.41) is 14.0. The molecule has 0 aliphatic heterocycles. The number of nitrogens with zero attached hydrogens (tertiary/aromatic N) is 1. The smallest absolute Gasteiger partial charge is 0.418 e. The maximum atomic E-state index is 13.5. The number of methoxy groups -OCH3 is 1. The van der Waals surface area contributed by atoms with Crippen LogP contribution in [0.1, 0.15) is 70.9 Å². The van der Waals surface area contributed by atoms with Crippen LogP contribution < -0.4 is 24.8 Å². The molecule has 0 fully saturated rings. The van der Waals surface area contributed by atoms with E-state index in [0.29, 0.717) is 23.5 Å². The highest BCUT2D eigenvalue weighted by Gasteiger charge is 2.34. The number of ether oxygens (including phenoxy) is 3. The van der Waals surface area contributed by atoms with E-state index in [-0.39, 0.29) is 29.3 Å². The zero-order valence-corrected chi connectivity index (χ0v) is 29.2. The highest BCUT2D eigenvalue weighted by atomic mass is 19.4. The van der Waals surface area contributed by atoms with Crippen LogP contribution in [-0.4, -0.2) is 54.1 Å². The average Bonchev–Trinajstić information content (AvgIpc) is 3.13. The Morgan fingerprint density at radius 1 is 0.755 bits per heavy atom. The third kappa shape index (κ3) is 12.3. The molecule has 0 atom stereocenters. The van der Waals surface area contributed by atoms with Crippen molar-refractivity contribution in [3.05, 3.63) is 113 Å². The SMILES string of the molecule is CCCCCCCOc1ccc(C(=O)Oc2ccc(CN(CC(=O)O)C(=O)c3ccc(NC(=O)Nc4ccc(OC)cc4C(F)(F)F)cc3)cc2)cc1. The molecule has 4 aromatic rings. The number of amides is 3. The van der Waals surface area contributed by atoms with Gasteiger partial charge in [-0.25, -0.2) is 9.59 Å². The van der Waals surface area contributed by atoms with E-state index in [2.05, 4.69) is 17.6 Å². The maximum Gasteiger partial charge on any atom is 0.418 e. The number of alkyl halides is 3. The van der Waals surface area contributed by atoms with Gasteiger partial charge in [0.2, 0.25) is 0 Å². The second kappa shape index (κ2) is 19.0. The molecule has 0 radical (unpaired) electrons. The summed E-state index contributed by atoms with van der Waals surface area (Å²) in [7, 11) is 1.22. The van der Waals surface area contributed by atoms with Gasteiger partial charge in [0, 0.05) is 17.8 Å². The van der Waals surface area contributed by atoms with E-state index >= 15 is 0 Å². The van der Waals surface area contributed by atoms with Gasteiger partial charge in [0.05, 0.1) is 30.5 Å². The van der Waals surface area contributed by atoms with E-state index in [1.165, 1.54) is 68.8 Å². The summed E-state index contributed by atoms with van der Waals surface area (Å²) in [5.74, 6) is -1.58. The van der Waals surface area contributed by atoms with Gasteiger partial charge in [0.25, 0.3) is 5.91 Å². The lowest BCUT2D eigenvalue weighted by atomic mass is 10.1. The number of benzene rings is 4. The molecule has 0 unspecified atom stereocenters. The molecule has 0 spiro atoms. The van der Waals surface area contributed by atoms with Crippen LogP contribution in [0.4, 0.5) is 29.3 Å². The Morgan fingerprint density at radius 2 is 1.38 bits per heavy atom. The standard InChI is InChI=1S/C39H40F3N3O8/c1-3-4-5-6-7-22-52-30-18-12-28(13-19-30)37(49)53-31-16-8-26(9-17-31)24-45(25-35(46)47)36(48)27-10-14-29(15-11-27)43-38(50)44-34-21-20-32(51-2)23-33(34)39(40,41)42/h8-21,23H,3-7,22,24-25H2,1-2H3,(H,46,47)(H2,43,44,50). The van der Waals surface area contributed by atoms with Gasteiger partial charge < -0.3 is 34.9 Å². The summed E-state index contributed by atoms with van der Waals surface area (Å²) in [6, 6.07) is 20.4. The molecule has 3 N–H and O–H groups in total. The molecule has 4 rings (SSSR count). The number of aliphatic carboxylic acids is 1. The summed E-state index contributed by atoms with van der Waals surface area (Å²) < 4.78 is 56.6. The molecule has 0 aliphatic carbocycles. The Bertz CT molecular complexity index is 1850. The second-order valence-electron chi connectivity index (χ2n) is 11.9. The minimum Gasteiger partial charge on any atom is -0.497 e. The van der Waals surface area contributed by atoms with Crippen molar-refractivity contribution in [2.75, 3.05) is 30.9 Å². The number of urea groups is 1. The molecule has 0 bridgehead atoms. The lowest BCUT2D eigenvalue weighted by molar-refractivity contribution is -0.138. The minimum absolute atomic E-state index is 0.0368. The van der Waals surface area contributed by atoms with Crippen molar-refractivity contribution in [1.82, 2.24) is 4.90 Å². The minimum atomic E-state index is -4.76. The number of carboxylic acids is 1. The molecule has 0 aliphatic rings. The van der Waals surface area contributed by atoms with Gasteiger partial charge in [0.15, 0.2) is 0 Å². The zero-order chi connectivity index (χ0) is 38.4. The molecule has 0 saturated heterocycles. The first-order valence-corrected chi connectivity index (χ1v) is 16.8. The topological polar surface area (TPSA) is 144 Å². The third-order valence-corrected chi connectivity index (χ3v) is 7.90. The molecule has 14 heteroatoms. The van der Waals surface area contributed by atoms with Crippen LogP contribution in [0.25, 0.3) is 0 Å².